The maximum atomic E-state index is 13.4. The van der Waals surface area contributed by atoms with E-state index in [4.69, 9.17) is 0 Å². The Morgan fingerprint density at radius 1 is 1.35 bits per heavy atom. The van der Waals surface area contributed by atoms with Crippen LogP contribution >= 0.6 is 11.5 Å². The average Bonchev–Trinajstić information content (AvgIpc) is 2.84. The van der Waals surface area contributed by atoms with E-state index >= 15 is 0 Å². The minimum atomic E-state index is -0.181. The zero-order valence-corrected chi connectivity index (χ0v) is 12.9. The molecule has 1 aromatic heterocycles. The maximum Gasteiger partial charge on any atom is 0.123 e. The smallest absolute Gasteiger partial charge is 0.123 e. The summed E-state index contributed by atoms with van der Waals surface area (Å²) in [6.07, 6.45) is 1.82. The number of hydrogen-bond acceptors (Lipinski definition) is 4. The van der Waals surface area contributed by atoms with E-state index < -0.39 is 0 Å². The summed E-state index contributed by atoms with van der Waals surface area (Å²) in [7, 11) is 0. The van der Waals surface area contributed by atoms with Crippen molar-refractivity contribution in [1.82, 2.24) is 14.9 Å². The van der Waals surface area contributed by atoms with Gasteiger partial charge in [-0.2, -0.15) is 0 Å². The second-order valence-corrected chi connectivity index (χ2v) is 5.79. The van der Waals surface area contributed by atoms with E-state index in [1.54, 1.807) is 6.07 Å². The fourth-order valence-corrected chi connectivity index (χ4v) is 2.93. The molecule has 1 atom stereocenters. The van der Waals surface area contributed by atoms with Crippen LogP contribution in [0.15, 0.2) is 18.2 Å². The summed E-state index contributed by atoms with van der Waals surface area (Å²) in [4.78, 5) is 1.14. The molecule has 108 valence electrons. The third-order valence-corrected chi connectivity index (χ3v) is 4.32. The van der Waals surface area contributed by atoms with Crippen LogP contribution in [0.1, 0.15) is 41.1 Å². The molecule has 0 saturated carbocycles. The van der Waals surface area contributed by atoms with Gasteiger partial charge in [0.2, 0.25) is 0 Å². The van der Waals surface area contributed by atoms with Crippen LogP contribution in [-0.2, 0) is 6.42 Å². The second kappa shape index (κ2) is 6.90. The molecule has 2 aromatic rings. The number of nitrogens with one attached hydrogen (secondary N) is 1. The highest BCUT2D eigenvalue weighted by Gasteiger charge is 2.18. The minimum Gasteiger partial charge on any atom is -0.309 e. The van der Waals surface area contributed by atoms with E-state index in [-0.39, 0.29) is 11.9 Å². The van der Waals surface area contributed by atoms with E-state index in [1.807, 2.05) is 19.9 Å². The molecule has 2 rings (SSSR count). The Labute approximate surface area is 123 Å². The van der Waals surface area contributed by atoms with Crippen molar-refractivity contribution in [2.24, 2.45) is 0 Å². The highest BCUT2D eigenvalue weighted by Crippen LogP contribution is 2.25. The van der Waals surface area contributed by atoms with E-state index in [2.05, 4.69) is 21.8 Å². The van der Waals surface area contributed by atoms with Crippen molar-refractivity contribution < 1.29 is 4.39 Å². The van der Waals surface area contributed by atoms with Gasteiger partial charge < -0.3 is 5.32 Å². The van der Waals surface area contributed by atoms with E-state index in [1.165, 1.54) is 17.6 Å². The SMILES string of the molecule is CCCNC(Cc1cc(F)ccc1C)c1snnc1C. The molecular weight excluding hydrogens is 273 g/mol. The van der Waals surface area contributed by atoms with Gasteiger partial charge in [-0.25, -0.2) is 4.39 Å². The summed E-state index contributed by atoms with van der Waals surface area (Å²) < 4.78 is 17.4. The molecule has 0 aliphatic rings. The predicted molar refractivity (Wildman–Crippen MR) is 80.5 cm³/mol. The minimum absolute atomic E-state index is 0.149. The van der Waals surface area contributed by atoms with Crippen molar-refractivity contribution in [2.45, 2.75) is 39.7 Å². The first-order valence-corrected chi connectivity index (χ1v) is 7.66. The molecule has 5 heteroatoms. The van der Waals surface area contributed by atoms with Gasteiger partial charge in [0.25, 0.3) is 0 Å². The van der Waals surface area contributed by atoms with Gasteiger partial charge in [0.1, 0.15) is 5.82 Å². The van der Waals surface area contributed by atoms with Crippen LogP contribution in [0, 0.1) is 19.7 Å². The molecule has 3 nitrogen and oxygen atoms in total. The fourth-order valence-electron chi connectivity index (χ4n) is 2.21. The van der Waals surface area contributed by atoms with Gasteiger partial charge in [-0.3, -0.25) is 0 Å². The Bertz CT molecular complexity index is 568. The lowest BCUT2D eigenvalue weighted by molar-refractivity contribution is 0.530. The van der Waals surface area contributed by atoms with Gasteiger partial charge in [0.15, 0.2) is 0 Å². The summed E-state index contributed by atoms with van der Waals surface area (Å²) in [6, 6.07) is 5.11. The van der Waals surface area contributed by atoms with E-state index in [0.717, 1.165) is 41.1 Å². The zero-order valence-electron chi connectivity index (χ0n) is 12.1. The zero-order chi connectivity index (χ0) is 14.5. The van der Waals surface area contributed by atoms with Gasteiger partial charge in [-0.05, 0) is 68.0 Å². The number of hydrogen-bond donors (Lipinski definition) is 1. The maximum absolute atomic E-state index is 13.4. The third-order valence-electron chi connectivity index (χ3n) is 3.38. The number of benzene rings is 1. The molecule has 1 unspecified atom stereocenters. The third kappa shape index (κ3) is 3.61. The molecule has 0 aliphatic heterocycles. The van der Waals surface area contributed by atoms with Gasteiger partial charge in [0.05, 0.1) is 10.6 Å². The molecule has 1 aromatic carbocycles. The molecule has 0 aliphatic carbocycles. The fraction of sp³-hybridized carbons (Fsp3) is 0.467. The van der Waals surface area contributed by atoms with Gasteiger partial charge >= 0.3 is 0 Å². The van der Waals surface area contributed by atoms with Crippen LogP contribution in [0.4, 0.5) is 4.39 Å². The average molecular weight is 293 g/mol. The molecule has 20 heavy (non-hydrogen) atoms. The summed E-state index contributed by atoms with van der Waals surface area (Å²) in [5.41, 5.74) is 3.11. The molecule has 1 N–H and O–H groups in total. The monoisotopic (exact) mass is 293 g/mol. The lowest BCUT2D eigenvalue weighted by Gasteiger charge is -2.18. The molecule has 0 bridgehead atoms. The normalized spacial score (nSPS) is 12.6. The van der Waals surface area contributed by atoms with Crippen LogP contribution < -0.4 is 5.32 Å². The molecule has 0 fully saturated rings. The van der Waals surface area contributed by atoms with Crippen molar-refractivity contribution in [2.75, 3.05) is 6.54 Å². The Morgan fingerprint density at radius 3 is 2.80 bits per heavy atom. The van der Waals surface area contributed by atoms with E-state index in [0.29, 0.717) is 0 Å². The van der Waals surface area contributed by atoms with Crippen molar-refractivity contribution in [3.63, 3.8) is 0 Å². The number of nitrogens with zero attached hydrogens (tertiary/aromatic N) is 2. The first-order chi connectivity index (χ1) is 9.61. The Balaban J connectivity index is 2.23. The number of rotatable bonds is 6. The summed E-state index contributed by atoms with van der Waals surface area (Å²) in [6.45, 7) is 7.05. The Morgan fingerprint density at radius 2 is 2.15 bits per heavy atom. The molecule has 0 spiro atoms. The molecule has 0 amide bonds. The van der Waals surface area contributed by atoms with Crippen LogP contribution in [-0.4, -0.2) is 16.1 Å². The van der Waals surface area contributed by atoms with Gasteiger partial charge in [-0.1, -0.05) is 17.5 Å². The van der Waals surface area contributed by atoms with Gasteiger partial charge in [-0.15, -0.1) is 5.10 Å². The Kier molecular flexibility index (Phi) is 5.20. The summed E-state index contributed by atoms with van der Waals surface area (Å²) in [5.74, 6) is -0.181. The second-order valence-electron chi connectivity index (χ2n) is 5.00. The first kappa shape index (κ1) is 15.1. The largest absolute Gasteiger partial charge is 0.309 e. The van der Waals surface area contributed by atoms with Crippen molar-refractivity contribution in [1.29, 1.82) is 0 Å². The van der Waals surface area contributed by atoms with Crippen molar-refractivity contribution >= 4 is 11.5 Å². The topological polar surface area (TPSA) is 37.8 Å². The van der Waals surface area contributed by atoms with Crippen LogP contribution in [0.25, 0.3) is 0 Å². The van der Waals surface area contributed by atoms with Crippen molar-refractivity contribution in [3.05, 3.63) is 45.7 Å². The first-order valence-electron chi connectivity index (χ1n) is 6.89. The van der Waals surface area contributed by atoms with Crippen molar-refractivity contribution in [3.8, 4) is 0 Å². The molecule has 0 radical (unpaired) electrons. The van der Waals surface area contributed by atoms with Gasteiger partial charge in [0, 0.05) is 6.04 Å². The highest BCUT2D eigenvalue weighted by atomic mass is 32.1. The number of aryl methyl sites for hydroxylation is 2. The standard InChI is InChI=1S/C15H20FN3S/c1-4-7-17-14(15-11(3)18-19-20-15)9-12-8-13(16)6-5-10(12)2/h5-6,8,14,17H,4,7,9H2,1-3H3. The number of halogens is 1. The van der Waals surface area contributed by atoms with Crippen LogP contribution in [0.5, 0.6) is 0 Å². The molecular formula is C15H20FN3S. The lowest BCUT2D eigenvalue weighted by Crippen LogP contribution is -2.24. The summed E-state index contributed by atoms with van der Waals surface area (Å²) >= 11 is 1.42. The van der Waals surface area contributed by atoms with E-state index in [9.17, 15) is 4.39 Å². The molecule has 1 heterocycles. The lowest BCUT2D eigenvalue weighted by atomic mass is 9.99. The van der Waals surface area contributed by atoms with Crippen LogP contribution in [0.2, 0.25) is 0 Å². The summed E-state index contributed by atoms with van der Waals surface area (Å²) in [5, 5.41) is 7.60. The highest BCUT2D eigenvalue weighted by molar-refractivity contribution is 7.05. The Hall–Kier alpha value is -1.33. The van der Waals surface area contributed by atoms with Crippen LogP contribution in [0.3, 0.4) is 0 Å². The predicted octanol–water partition coefficient (Wildman–Crippen LogP) is 3.58. The number of aromatic nitrogens is 2. The molecule has 0 saturated heterocycles. The quantitative estimate of drug-likeness (QED) is 0.884.